The van der Waals surface area contributed by atoms with Crippen LogP contribution in [0.1, 0.15) is 30.9 Å². The highest BCUT2D eigenvalue weighted by atomic mass is 35.5. The molecular weight excluding hydrogens is 260 g/mol. The second-order valence-corrected chi connectivity index (χ2v) is 5.01. The molecule has 1 aliphatic rings. The molecule has 1 heterocycles. The van der Waals surface area contributed by atoms with Crippen LogP contribution in [0.4, 0.5) is 5.69 Å². The lowest BCUT2D eigenvalue weighted by molar-refractivity contribution is 0.0459. The van der Waals surface area contributed by atoms with Crippen LogP contribution in [0, 0.1) is 11.3 Å². The van der Waals surface area contributed by atoms with Crippen LogP contribution in [0.3, 0.4) is 0 Å². The third-order valence-corrected chi connectivity index (χ3v) is 3.83. The second kappa shape index (κ2) is 6.79. The summed E-state index contributed by atoms with van der Waals surface area (Å²) in [4.78, 5) is 2.27. The van der Waals surface area contributed by atoms with E-state index in [9.17, 15) is 5.26 Å². The molecule has 0 saturated carbocycles. The van der Waals surface area contributed by atoms with Crippen molar-refractivity contribution in [1.82, 2.24) is 0 Å². The minimum atomic E-state index is 0.369. The summed E-state index contributed by atoms with van der Waals surface area (Å²) in [6, 6.07) is 8.17. The third kappa shape index (κ3) is 3.40. The van der Waals surface area contributed by atoms with E-state index >= 15 is 0 Å². The van der Waals surface area contributed by atoms with Crippen LogP contribution in [-0.2, 0) is 10.6 Å². The monoisotopic (exact) mass is 278 g/mol. The van der Waals surface area contributed by atoms with Crippen LogP contribution in [0.2, 0.25) is 0 Å². The van der Waals surface area contributed by atoms with Crippen LogP contribution in [0.5, 0.6) is 0 Å². The zero-order valence-corrected chi connectivity index (χ0v) is 12.0. The van der Waals surface area contributed by atoms with Gasteiger partial charge in [-0.15, -0.1) is 11.6 Å². The van der Waals surface area contributed by atoms with Gasteiger partial charge in [-0.2, -0.15) is 5.26 Å². The van der Waals surface area contributed by atoms with E-state index in [0.29, 0.717) is 17.5 Å². The standard InChI is InChI=1S/C15H19ClN2O/c1-2-19-14-5-7-18(8-6-14)15-4-3-12(10-16)9-13(15)11-17/h3-4,9,14H,2,5-8,10H2,1H3. The van der Waals surface area contributed by atoms with E-state index in [-0.39, 0.29) is 0 Å². The molecule has 1 aromatic carbocycles. The molecule has 1 aliphatic heterocycles. The van der Waals surface area contributed by atoms with E-state index < -0.39 is 0 Å². The van der Waals surface area contributed by atoms with Gasteiger partial charge in [0.15, 0.2) is 0 Å². The van der Waals surface area contributed by atoms with E-state index in [1.54, 1.807) is 0 Å². The van der Waals surface area contributed by atoms with Crippen molar-refractivity contribution in [2.24, 2.45) is 0 Å². The Kier molecular flexibility index (Phi) is 5.07. The Labute approximate surface area is 119 Å². The van der Waals surface area contributed by atoms with E-state index in [1.165, 1.54) is 0 Å². The fraction of sp³-hybridized carbons (Fsp3) is 0.533. The van der Waals surface area contributed by atoms with Gasteiger partial charge in [-0.25, -0.2) is 0 Å². The highest BCUT2D eigenvalue weighted by molar-refractivity contribution is 6.17. The minimum absolute atomic E-state index is 0.369. The Morgan fingerprint density at radius 2 is 2.16 bits per heavy atom. The van der Waals surface area contributed by atoms with Crippen LogP contribution in [0.25, 0.3) is 0 Å². The maximum absolute atomic E-state index is 9.26. The highest BCUT2D eigenvalue weighted by Crippen LogP contribution is 2.26. The van der Waals surface area contributed by atoms with Crippen molar-refractivity contribution in [3.05, 3.63) is 29.3 Å². The van der Waals surface area contributed by atoms with Crippen molar-refractivity contribution in [3.63, 3.8) is 0 Å². The summed E-state index contributed by atoms with van der Waals surface area (Å²) < 4.78 is 5.65. The van der Waals surface area contributed by atoms with Crippen LogP contribution < -0.4 is 4.90 Å². The number of anilines is 1. The minimum Gasteiger partial charge on any atom is -0.378 e. The zero-order chi connectivity index (χ0) is 13.7. The van der Waals surface area contributed by atoms with E-state index in [2.05, 4.69) is 11.0 Å². The molecule has 1 fully saturated rings. The fourth-order valence-electron chi connectivity index (χ4n) is 2.53. The first-order valence-electron chi connectivity index (χ1n) is 6.74. The van der Waals surface area contributed by atoms with Crippen molar-refractivity contribution in [1.29, 1.82) is 5.26 Å². The Bertz CT molecular complexity index is 462. The molecule has 0 spiro atoms. The number of piperidine rings is 1. The molecule has 3 nitrogen and oxygen atoms in total. The molecule has 0 radical (unpaired) electrons. The number of nitrogens with zero attached hydrogens (tertiary/aromatic N) is 2. The summed E-state index contributed by atoms with van der Waals surface area (Å²) in [6.45, 7) is 4.70. The molecule has 1 aromatic rings. The molecule has 0 amide bonds. The van der Waals surface area contributed by atoms with Gasteiger partial charge in [-0.3, -0.25) is 0 Å². The average molecular weight is 279 g/mol. The van der Waals surface area contributed by atoms with E-state index in [4.69, 9.17) is 16.3 Å². The Morgan fingerprint density at radius 3 is 2.74 bits per heavy atom. The number of ether oxygens (including phenoxy) is 1. The summed E-state index contributed by atoms with van der Waals surface area (Å²) in [7, 11) is 0. The summed E-state index contributed by atoms with van der Waals surface area (Å²) in [6.07, 6.45) is 2.42. The summed E-state index contributed by atoms with van der Waals surface area (Å²) in [5.74, 6) is 0.446. The third-order valence-electron chi connectivity index (χ3n) is 3.52. The smallest absolute Gasteiger partial charge is 0.101 e. The maximum Gasteiger partial charge on any atom is 0.101 e. The second-order valence-electron chi connectivity index (χ2n) is 4.74. The molecule has 2 rings (SSSR count). The molecular formula is C15H19ClN2O. The molecule has 102 valence electrons. The van der Waals surface area contributed by atoms with E-state index in [1.807, 2.05) is 25.1 Å². The molecule has 0 aromatic heterocycles. The van der Waals surface area contributed by atoms with Gasteiger partial charge in [0, 0.05) is 25.6 Å². The molecule has 0 aliphatic carbocycles. The van der Waals surface area contributed by atoms with Crippen LogP contribution in [-0.4, -0.2) is 25.8 Å². The lowest BCUT2D eigenvalue weighted by Crippen LogP contribution is -2.37. The molecule has 0 N–H and O–H groups in total. The van der Waals surface area contributed by atoms with Crippen molar-refractivity contribution in [2.45, 2.75) is 31.7 Å². The maximum atomic E-state index is 9.26. The molecule has 4 heteroatoms. The van der Waals surface area contributed by atoms with Crippen molar-refractivity contribution < 1.29 is 4.74 Å². The van der Waals surface area contributed by atoms with Gasteiger partial charge < -0.3 is 9.64 Å². The number of hydrogen-bond donors (Lipinski definition) is 0. The van der Waals surface area contributed by atoms with Gasteiger partial charge >= 0.3 is 0 Å². The molecule has 0 bridgehead atoms. The van der Waals surface area contributed by atoms with Gasteiger partial charge in [-0.05, 0) is 37.5 Å². The first-order valence-corrected chi connectivity index (χ1v) is 7.27. The number of alkyl halides is 1. The summed E-state index contributed by atoms with van der Waals surface area (Å²) in [5.41, 5.74) is 2.73. The normalized spacial score (nSPS) is 16.4. The predicted octanol–water partition coefficient (Wildman–Crippen LogP) is 3.30. The number of benzene rings is 1. The Morgan fingerprint density at radius 1 is 1.42 bits per heavy atom. The van der Waals surface area contributed by atoms with Gasteiger partial charge in [0.2, 0.25) is 0 Å². The first kappa shape index (κ1) is 14.2. The fourth-order valence-corrected chi connectivity index (χ4v) is 2.70. The Hall–Kier alpha value is -1.24. The van der Waals surface area contributed by atoms with Gasteiger partial charge in [0.25, 0.3) is 0 Å². The highest BCUT2D eigenvalue weighted by Gasteiger charge is 2.21. The zero-order valence-electron chi connectivity index (χ0n) is 11.2. The number of hydrogen-bond acceptors (Lipinski definition) is 3. The van der Waals surface area contributed by atoms with Gasteiger partial charge in [-0.1, -0.05) is 6.07 Å². The predicted molar refractivity (Wildman–Crippen MR) is 77.6 cm³/mol. The quantitative estimate of drug-likeness (QED) is 0.793. The van der Waals surface area contributed by atoms with Crippen LogP contribution in [0.15, 0.2) is 18.2 Å². The molecule has 19 heavy (non-hydrogen) atoms. The molecule has 1 saturated heterocycles. The average Bonchev–Trinajstić information content (AvgIpc) is 2.48. The number of nitriles is 1. The van der Waals surface area contributed by atoms with Crippen molar-refractivity contribution in [2.75, 3.05) is 24.6 Å². The van der Waals surface area contributed by atoms with E-state index in [0.717, 1.165) is 43.8 Å². The molecule has 0 unspecified atom stereocenters. The summed E-state index contributed by atoms with van der Waals surface area (Å²) in [5, 5.41) is 9.26. The van der Waals surface area contributed by atoms with Crippen molar-refractivity contribution in [3.8, 4) is 6.07 Å². The van der Waals surface area contributed by atoms with Crippen LogP contribution >= 0.6 is 11.6 Å². The Balaban J connectivity index is 2.09. The van der Waals surface area contributed by atoms with Gasteiger partial charge in [0.05, 0.1) is 17.4 Å². The first-order chi connectivity index (χ1) is 9.28. The lowest BCUT2D eigenvalue weighted by atomic mass is 10.0. The molecule has 0 atom stereocenters. The lowest BCUT2D eigenvalue weighted by Gasteiger charge is -2.34. The number of rotatable bonds is 4. The van der Waals surface area contributed by atoms with Gasteiger partial charge in [0.1, 0.15) is 6.07 Å². The topological polar surface area (TPSA) is 36.3 Å². The number of halogens is 1. The largest absolute Gasteiger partial charge is 0.378 e. The van der Waals surface area contributed by atoms with Crippen molar-refractivity contribution >= 4 is 17.3 Å². The summed E-state index contributed by atoms with van der Waals surface area (Å²) >= 11 is 5.81. The SMILES string of the molecule is CCOC1CCN(c2ccc(CCl)cc2C#N)CC1.